The molecule has 0 aromatic heterocycles. The summed E-state index contributed by atoms with van der Waals surface area (Å²) in [6, 6.07) is 0. The Morgan fingerprint density at radius 3 is 1.17 bits per heavy atom. The Labute approximate surface area is 259 Å². The summed E-state index contributed by atoms with van der Waals surface area (Å²) in [5.74, 6) is -0.0815. The minimum Gasteiger partial charge on any atom is -0.462 e. The number of esters is 3. The van der Waals surface area contributed by atoms with Gasteiger partial charge in [-0.3, -0.25) is 14.4 Å². The number of carbonyl (C=O) groups excluding carboxylic acids is 3. The molecule has 0 rings (SSSR count). The highest BCUT2D eigenvalue weighted by atomic mass is 16.6. The molecule has 0 aliphatic heterocycles. The molecule has 1 atom stereocenters. The van der Waals surface area contributed by atoms with Crippen LogP contribution in [0.3, 0.4) is 0 Å². The van der Waals surface area contributed by atoms with Gasteiger partial charge in [-0.15, -0.1) is 0 Å². The van der Waals surface area contributed by atoms with Crippen LogP contribution in [0.2, 0.25) is 0 Å². The molecule has 0 saturated heterocycles. The molecular formula is C36H68O6. The number of hydrogen-bond acceptors (Lipinski definition) is 6. The zero-order chi connectivity index (χ0) is 31.1. The maximum Gasteiger partial charge on any atom is 0.306 e. The number of ether oxygens (including phenoxy) is 3. The Hall–Kier alpha value is -1.59. The molecule has 0 bridgehead atoms. The molecule has 0 aliphatic carbocycles. The molecule has 0 aromatic carbocycles. The maximum absolute atomic E-state index is 12.4. The van der Waals surface area contributed by atoms with Crippen molar-refractivity contribution in [2.75, 3.05) is 13.2 Å². The van der Waals surface area contributed by atoms with Crippen LogP contribution in [0.15, 0.2) is 0 Å². The van der Waals surface area contributed by atoms with Crippen molar-refractivity contribution in [3.63, 3.8) is 0 Å². The highest BCUT2D eigenvalue weighted by Crippen LogP contribution is 2.14. The van der Waals surface area contributed by atoms with Gasteiger partial charge < -0.3 is 14.2 Å². The van der Waals surface area contributed by atoms with Crippen molar-refractivity contribution in [3.05, 3.63) is 0 Å². The van der Waals surface area contributed by atoms with Gasteiger partial charge in [0.05, 0.1) is 0 Å². The van der Waals surface area contributed by atoms with Crippen molar-refractivity contribution < 1.29 is 28.6 Å². The number of unbranched alkanes of at least 4 members (excludes halogenated alkanes) is 18. The molecule has 0 saturated carbocycles. The average molecular weight is 597 g/mol. The Kier molecular flexibility index (Phi) is 29.7. The lowest BCUT2D eigenvalue weighted by molar-refractivity contribution is -0.167. The molecule has 0 spiro atoms. The van der Waals surface area contributed by atoms with E-state index >= 15 is 0 Å². The summed E-state index contributed by atoms with van der Waals surface area (Å²) in [5, 5.41) is 0. The van der Waals surface area contributed by atoms with Crippen LogP contribution < -0.4 is 0 Å². The lowest BCUT2D eigenvalue weighted by Crippen LogP contribution is -2.30. The molecule has 0 aliphatic rings. The second-order valence-corrected chi connectivity index (χ2v) is 12.6. The van der Waals surface area contributed by atoms with E-state index in [-0.39, 0.29) is 31.1 Å². The Balaban J connectivity index is 4.25. The Bertz CT molecular complexity index is 632. The molecule has 42 heavy (non-hydrogen) atoms. The van der Waals surface area contributed by atoms with Crippen LogP contribution in [-0.4, -0.2) is 37.2 Å². The maximum atomic E-state index is 12.4. The topological polar surface area (TPSA) is 78.9 Å². The van der Waals surface area contributed by atoms with E-state index in [1.165, 1.54) is 77.0 Å². The molecule has 0 N–H and O–H groups in total. The number of carbonyl (C=O) groups is 3. The second-order valence-electron chi connectivity index (χ2n) is 12.6. The van der Waals surface area contributed by atoms with Gasteiger partial charge in [0.15, 0.2) is 6.10 Å². The zero-order valence-electron chi connectivity index (χ0n) is 28.2. The molecule has 0 fully saturated rings. The zero-order valence-corrected chi connectivity index (χ0v) is 28.2. The van der Waals surface area contributed by atoms with Gasteiger partial charge in [0.2, 0.25) is 0 Å². The van der Waals surface area contributed by atoms with Crippen LogP contribution in [0.5, 0.6) is 0 Å². The molecule has 0 radical (unpaired) electrons. The summed E-state index contributed by atoms with van der Waals surface area (Å²) in [6.07, 6.45) is 25.6. The van der Waals surface area contributed by atoms with Gasteiger partial charge in [-0.1, -0.05) is 150 Å². The normalized spacial score (nSPS) is 11.9. The summed E-state index contributed by atoms with van der Waals surface area (Å²) >= 11 is 0. The van der Waals surface area contributed by atoms with Gasteiger partial charge in [0.1, 0.15) is 13.2 Å². The van der Waals surface area contributed by atoms with E-state index in [0.29, 0.717) is 19.3 Å². The third-order valence-electron chi connectivity index (χ3n) is 7.79. The lowest BCUT2D eigenvalue weighted by atomic mass is 10.0. The third-order valence-corrected chi connectivity index (χ3v) is 7.79. The molecule has 6 nitrogen and oxygen atoms in total. The SMILES string of the molecule is CCCCCCCCCC(=O)O[C@@H](COC(=O)CCCCCCC)COC(=O)CCCCCCCCCCCC(C)C. The van der Waals surface area contributed by atoms with Crippen LogP contribution in [-0.2, 0) is 28.6 Å². The smallest absolute Gasteiger partial charge is 0.306 e. The minimum absolute atomic E-state index is 0.0673. The van der Waals surface area contributed by atoms with E-state index < -0.39 is 6.10 Å². The fourth-order valence-corrected chi connectivity index (χ4v) is 5.04. The van der Waals surface area contributed by atoms with E-state index in [9.17, 15) is 14.4 Å². The van der Waals surface area contributed by atoms with E-state index in [1.807, 2.05) is 0 Å². The quantitative estimate of drug-likeness (QED) is 0.0450. The van der Waals surface area contributed by atoms with E-state index in [2.05, 4.69) is 27.7 Å². The van der Waals surface area contributed by atoms with Crippen LogP contribution in [0.1, 0.15) is 188 Å². The van der Waals surface area contributed by atoms with E-state index in [0.717, 1.165) is 70.1 Å². The largest absolute Gasteiger partial charge is 0.462 e. The highest BCUT2D eigenvalue weighted by molar-refractivity contribution is 5.71. The molecule has 0 unspecified atom stereocenters. The fraction of sp³-hybridized carbons (Fsp3) is 0.917. The molecule has 6 heteroatoms. The first-order chi connectivity index (χ1) is 20.4. The van der Waals surface area contributed by atoms with E-state index in [1.54, 1.807) is 0 Å². The summed E-state index contributed by atoms with van der Waals surface area (Å²) < 4.78 is 16.4. The van der Waals surface area contributed by atoms with Crippen molar-refractivity contribution in [3.8, 4) is 0 Å². The van der Waals surface area contributed by atoms with Gasteiger partial charge in [-0.05, 0) is 25.2 Å². The van der Waals surface area contributed by atoms with Gasteiger partial charge in [-0.2, -0.15) is 0 Å². The highest BCUT2D eigenvalue weighted by Gasteiger charge is 2.19. The first-order valence-corrected chi connectivity index (χ1v) is 17.9. The van der Waals surface area contributed by atoms with Gasteiger partial charge in [0, 0.05) is 19.3 Å². The number of hydrogen-bond donors (Lipinski definition) is 0. The van der Waals surface area contributed by atoms with Crippen molar-refractivity contribution in [2.24, 2.45) is 5.92 Å². The first-order valence-electron chi connectivity index (χ1n) is 17.9. The second kappa shape index (κ2) is 30.9. The average Bonchev–Trinajstić information content (AvgIpc) is 2.96. The molecule has 0 amide bonds. The van der Waals surface area contributed by atoms with Gasteiger partial charge >= 0.3 is 17.9 Å². The van der Waals surface area contributed by atoms with Gasteiger partial charge in [-0.25, -0.2) is 0 Å². The monoisotopic (exact) mass is 597 g/mol. The van der Waals surface area contributed by atoms with Crippen molar-refractivity contribution >= 4 is 17.9 Å². The summed E-state index contributed by atoms with van der Waals surface area (Å²) in [4.78, 5) is 37.0. The predicted molar refractivity (Wildman–Crippen MR) is 173 cm³/mol. The molecule has 0 heterocycles. The van der Waals surface area contributed by atoms with Crippen LogP contribution in [0.25, 0.3) is 0 Å². The third kappa shape index (κ3) is 29.9. The summed E-state index contributed by atoms with van der Waals surface area (Å²) in [7, 11) is 0. The summed E-state index contributed by atoms with van der Waals surface area (Å²) in [5.41, 5.74) is 0. The lowest BCUT2D eigenvalue weighted by Gasteiger charge is -2.18. The molecule has 0 aromatic rings. The van der Waals surface area contributed by atoms with Crippen LogP contribution >= 0.6 is 0 Å². The Morgan fingerprint density at radius 2 is 0.786 bits per heavy atom. The van der Waals surface area contributed by atoms with Crippen LogP contribution in [0, 0.1) is 5.92 Å². The van der Waals surface area contributed by atoms with E-state index in [4.69, 9.17) is 14.2 Å². The van der Waals surface area contributed by atoms with Gasteiger partial charge in [0.25, 0.3) is 0 Å². The van der Waals surface area contributed by atoms with Crippen LogP contribution in [0.4, 0.5) is 0 Å². The van der Waals surface area contributed by atoms with Crippen molar-refractivity contribution in [1.82, 2.24) is 0 Å². The number of rotatable bonds is 31. The van der Waals surface area contributed by atoms with Crippen molar-refractivity contribution in [2.45, 2.75) is 194 Å². The van der Waals surface area contributed by atoms with Crippen molar-refractivity contribution in [1.29, 1.82) is 0 Å². The standard InChI is InChI=1S/C36H68O6/c1-5-7-9-11-15-21-25-29-36(39)42-33(30-40-34(37)27-23-18-10-8-6-2)31-41-35(38)28-24-20-17-14-12-13-16-19-22-26-32(3)4/h32-33H,5-31H2,1-4H3/t33-/m0/s1. The Morgan fingerprint density at radius 1 is 0.452 bits per heavy atom. The summed E-state index contributed by atoms with van der Waals surface area (Å²) in [6.45, 7) is 8.80. The molecular weight excluding hydrogens is 528 g/mol. The first kappa shape index (κ1) is 40.4. The predicted octanol–water partition coefficient (Wildman–Crippen LogP) is 10.4. The molecule has 248 valence electrons. The fourth-order valence-electron chi connectivity index (χ4n) is 5.04. The minimum atomic E-state index is -0.754.